The van der Waals surface area contributed by atoms with Gasteiger partial charge in [0.25, 0.3) is 0 Å². The fourth-order valence-electron chi connectivity index (χ4n) is 1.22. The molecule has 0 heterocycles. The summed E-state index contributed by atoms with van der Waals surface area (Å²) in [5.74, 6) is -1.31. The highest BCUT2D eigenvalue weighted by Crippen LogP contribution is 2.45. The number of hydrogen-bond donors (Lipinski definition) is 0. The minimum atomic E-state index is -1.01. The Labute approximate surface area is 105 Å². The summed E-state index contributed by atoms with van der Waals surface area (Å²) in [5, 5.41) is 8.73. The molecule has 0 N–H and O–H groups in total. The molecule has 1 rings (SSSR count). The average molecular weight is 253 g/mol. The molecule has 0 aliphatic heterocycles. The second-order valence-electron chi connectivity index (χ2n) is 3.86. The molecule has 1 saturated carbocycles. The van der Waals surface area contributed by atoms with E-state index in [1.54, 1.807) is 13.8 Å². The van der Waals surface area contributed by atoms with Crippen molar-refractivity contribution in [2.24, 2.45) is 5.41 Å². The zero-order valence-corrected chi connectivity index (χ0v) is 10.3. The number of hydrogen-bond acceptors (Lipinski definition) is 6. The third kappa shape index (κ3) is 3.86. The van der Waals surface area contributed by atoms with E-state index in [4.69, 9.17) is 14.7 Å². The van der Waals surface area contributed by atoms with Crippen molar-refractivity contribution >= 4 is 11.9 Å². The van der Waals surface area contributed by atoms with Gasteiger partial charge >= 0.3 is 11.9 Å². The molecule has 0 aromatic rings. The normalized spacial score (nSPS) is 17.8. The first-order valence-corrected chi connectivity index (χ1v) is 5.65. The number of ether oxygens (including phenoxy) is 3. The zero-order chi connectivity index (χ0) is 13.6. The predicted molar refractivity (Wildman–Crippen MR) is 59.7 cm³/mol. The van der Waals surface area contributed by atoms with E-state index in [1.165, 1.54) is 0 Å². The predicted octanol–water partition coefficient (Wildman–Crippen LogP) is 1.27. The molecule has 0 spiro atoms. The van der Waals surface area contributed by atoms with Gasteiger partial charge < -0.3 is 14.2 Å². The third-order valence-corrected chi connectivity index (χ3v) is 2.42. The van der Waals surface area contributed by atoms with Gasteiger partial charge in [0.15, 0.2) is 11.7 Å². The summed E-state index contributed by atoms with van der Waals surface area (Å²) in [7, 11) is 0. The summed E-state index contributed by atoms with van der Waals surface area (Å²) in [5.41, 5.74) is -1.01. The van der Waals surface area contributed by atoms with Crippen LogP contribution in [0, 0.1) is 16.7 Å². The third-order valence-electron chi connectivity index (χ3n) is 2.42. The van der Waals surface area contributed by atoms with E-state index in [-0.39, 0.29) is 0 Å². The van der Waals surface area contributed by atoms with Crippen molar-refractivity contribution in [3.63, 3.8) is 0 Å². The molecule has 0 saturated heterocycles. The number of rotatable bonds is 6. The SMILES string of the molecule is CCO[C@H](C)OC(=O)/C=C\OC(=O)C1(C#N)CC1. The van der Waals surface area contributed by atoms with Crippen molar-refractivity contribution in [2.45, 2.75) is 33.0 Å². The Bertz CT molecular complexity index is 392. The van der Waals surface area contributed by atoms with Crippen LogP contribution in [0.4, 0.5) is 0 Å². The highest BCUT2D eigenvalue weighted by atomic mass is 16.7. The lowest BCUT2D eigenvalue weighted by Crippen LogP contribution is -2.17. The number of carbonyl (C=O) groups is 2. The van der Waals surface area contributed by atoms with Crippen LogP contribution in [0.1, 0.15) is 26.7 Å². The summed E-state index contributed by atoms with van der Waals surface area (Å²) < 4.78 is 14.5. The van der Waals surface area contributed by atoms with Gasteiger partial charge in [-0.15, -0.1) is 0 Å². The molecule has 18 heavy (non-hydrogen) atoms. The molecule has 0 aromatic heterocycles. The molecule has 0 amide bonds. The van der Waals surface area contributed by atoms with Gasteiger partial charge in [0, 0.05) is 6.61 Å². The Kier molecular flexibility index (Phi) is 4.86. The van der Waals surface area contributed by atoms with Crippen molar-refractivity contribution in [3.8, 4) is 6.07 Å². The van der Waals surface area contributed by atoms with Crippen LogP contribution in [-0.4, -0.2) is 24.8 Å². The fourth-order valence-corrected chi connectivity index (χ4v) is 1.22. The molecule has 1 aliphatic carbocycles. The Morgan fingerprint density at radius 2 is 2.17 bits per heavy atom. The maximum Gasteiger partial charge on any atom is 0.336 e. The van der Waals surface area contributed by atoms with Gasteiger partial charge in [0.1, 0.15) is 6.26 Å². The summed E-state index contributed by atoms with van der Waals surface area (Å²) in [6.07, 6.45) is 2.25. The van der Waals surface area contributed by atoms with Gasteiger partial charge in [-0.05, 0) is 26.7 Å². The summed E-state index contributed by atoms with van der Waals surface area (Å²) in [6.45, 7) is 3.78. The first-order chi connectivity index (χ1) is 8.54. The van der Waals surface area contributed by atoms with Crippen LogP contribution >= 0.6 is 0 Å². The molecule has 1 atom stereocenters. The highest BCUT2D eigenvalue weighted by molar-refractivity contribution is 5.85. The van der Waals surface area contributed by atoms with Gasteiger partial charge in [-0.2, -0.15) is 5.26 Å². The monoisotopic (exact) mass is 253 g/mol. The van der Waals surface area contributed by atoms with Crippen LogP contribution in [0.25, 0.3) is 0 Å². The largest absolute Gasteiger partial charge is 0.433 e. The average Bonchev–Trinajstić information content (AvgIpc) is 3.09. The smallest absolute Gasteiger partial charge is 0.336 e. The van der Waals surface area contributed by atoms with E-state index >= 15 is 0 Å². The molecule has 0 unspecified atom stereocenters. The van der Waals surface area contributed by atoms with Crippen molar-refractivity contribution in [3.05, 3.63) is 12.3 Å². The standard InChI is InChI=1S/C12H15NO5/c1-3-16-9(2)18-10(14)4-7-17-11(15)12(8-13)5-6-12/h4,7,9H,3,5-6H2,1-2H3/b7-4-/t9-/m0/s1. The lowest BCUT2D eigenvalue weighted by atomic mass is 10.1. The first kappa shape index (κ1) is 14.2. The van der Waals surface area contributed by atoms with Crippen molar-refractivity contribution in [2.75, 3.05) is 6.61 Å². The Morgan fingerprint density at radius 1 is 1.50 bits per heavy atom. The number of nitrogens with zero attached hydrogens (tertiary/aromatic N) is 1. The molecule has 0 bridgehead atoms. The van der Waals surface area contributed by atoms with Gasteiger partial charge in [0.2, 0.25) is 0 Å². The van der Waals surface area contributed by atoms with Crippen molar-refractivity contribution in [1.29, 1.82) is 5.26 Å². The topological polar surface area (TPSA) is 85.6 Å². The van der Waals surface area contributed by atoms with Gasteiger partial charge in [-0.3, -0.25) is 0 Å². The summed E-state index contributed by atoms with van der Waals surface area (Å²) >= 11 is 0. The van der Waals surface area contributed by atoms with E-state index in [1.807, 2.05) is 6.07 Å². The van der Waals surface area contributed by atoms with E-state index in [2.05, 4.69) is 4.74 Å². The minimum absolute atomic E-state index is 0.428. The minimum Gasteiger partial charge on any atom is -0.433 e. The van der Waals surface area contributed by atoms with E-state index < -0.39 is 23.6 Å². The quantitative estimate of drug-likeness (QED) is 0.307. The lowest BCUT2D eigenvalue weighted by molar-refractivity contribution is -0.167. The maximum absolute atomic E-state index is 11.4. The Balaban J connectivity index is 2.30. The van der Waals surface area contributed by atoms with Gasteiger partial charge in [-0.25, -0.2) is 9.59 Å². The van der Waals surface area contributed by atoms with E-state index in [0.717, 1.165) is 12.3 Å². The maximum atomic E-state index is 11.4. The van der Waals surface area contributed by atoms with Crippen LogP contribution in [0.2, 0.25) is 0 Å². The molecule has 98 valence electrons. The molecule has 1 aliphatic rings. The zero-order valence-electron chi connectivity index (χ0n) is 10.3. The number of carbonyl (C=O) groups excluding carboxylic acids is 2. The van der Waals surface area contributed by atoms with E-state index in [0.29, 0.717) is 19.4 Å². The lowest BCUT2D eigenvalue weighted by Gasteiger charge is -2.10. The Hall–Kier alpha value is -1.87. The van der Waals surface area contributed by atoms with Gasteiger partial charge in [0.05, 0.1) is 12.1 Å². The molecule has 6 heteroatoms. The fraction of sp³-hybridized carbons (Fsp3) is 0.583. The van der Waals surface area contributed by atoms with Crippen molar-refractivity contribution < 1.29 is 23.8 Å². The Morgan fingerprint density at radius 3 is 2.67 bits per heavy atom. The van der Waals surface area contributed by atoms with Crippen LogP contribution in [0.3, 0.4) is 0 Å². The summed E-state index contributed by atoms with van der Waals surface area (Å²) in [4.78, 5) is 22.6. The first-order valence-electron chi connectivity index (χ1n) is 5.65. The molecular formula is C12H15NO5. The number of nitriles is 1. The van der Waals surface area contributed by atoms with E-state index in [9.17, 15) is 9.59 Å². The molecule has 6 nitrogen and oxygen atoms in total. The molecule has 0 radical (unpaired) electrons. The van der Waals surface area contributed by atoms with Crippen LogP contribution in [0.5, 0.6) is 0 Å². The van der Waals surface area contributed by atoms with Crippen molar-refractivity contribution in [1.82, 2.24) is 0 Å². The molecule has 1 fully saturated rings. The second-order valence-corrected chi connectivity index (χ2v) is 3.86. The molecule has 0 aromatic carbocycles. The van der Waals surface area contributed by atoms with Crippen LogP contribution in [0.15, 0.2) is 12.3 Å². The highest BCUT2D eigenvalue weighted by Gasteiger charge is 2.52. The molecular weight excluding hydrogens is 238 g/mol. The summed E-state index contributed by atoms with van der Waals surface area (Å²) in [6, 6.07) is 1.89. The second kappa shape index (κ2) is 6.17. The van der Waals surface area contributed by atoms with Crippen LogP contribution in [-0.2, 0) is 23.8 Å². The number of esters is 2. The van der Waals surface area contributed by atoms with Crippen LogP contribution < -0.4 is 0 Å². The van der Waals surface area contributed by atoms with Gasteiger partial charge in [-0.1, -0.05) is 0 Å².